The quantitative estimate of drug-likeness (QED) is 0.121. The van der Waals surface area contributed by atoms with Crippen LogP contribution in [0.3, 0.4) is 0 Å². The third kappa shape index (κ3) is 5.47. The molecule has 0 aliphatic carbocycles. The highest BCUT2D eigenvalue weighted by Gasteiger charge is 2.37. The first-order chi connectivity index (χ1) is 19.3. The summed E-state index contributed by atoms with van der Waals surface area (Å²) >= 11 is 0. The van der Waals surface area contributed by atoms with Crippen molar-refractivity contribution in [2.45, 2.75) is 20.3 Å². The van der Waals surface area contributed by atoms with Gasteiger partial charge in [-0.3, -0.25) is 9.59 Å². The van der Waals surface area contributed by atoms with E-state index in [0.29, 0.717) is 12.0 Å². The minimum atomic E-state index is -1.11. The van der Waals surface area contributed by atoms with Crippen LogP contribution in [0.4, 0.5) is 0 Å². The van der Waals surface area contributed by atoms with E-state index in [0.717, 1.165) is 0 Å². The molecule has 2 N–H and O–H groups in total. The van der Waals surface area contributed by atoms with Crippen LogP contribution in [-0.4, -0.2) is 40.3 Å². The highest BCUT2D eigenvalue weighted by atomic mass is 16.5. The number of phenolic OH excluding ortho intramolecular Hbond substituents is 2. The maximum absolute atomic E-state index is 14.1. The number of ether oxygens (including phenoxy) is 2. The van der Waals surface area contributed by atoms with E-state index >= 15 is 0 Å². The number of phenols is 2. The topological polar surface area (TPSA) is 127 Å². The molecule has 4 aromatic carbocycles. The lowest BCUT2D eigenvalue weighted by molar-refractivity contribution is 0.0496. The third-order valence-electron chi connectivity index (χ3n) is 6.13. The van der Waals surface area contributed by atoms with Crippen molar-refractivity contribution < 1.29 is 38.9 Å². The fourth-order valence-corrected chi connectivity index (χ4v) is 4.13. The first-order valence-corrected chi connectivity index (χ1v) is 12.5. The Morgan fingerprint density at radius 1 is 0.650 bits per heavy atom. The van der Waals surface area contributed by atoms with E-state index in [2.05, 4.69) is 0 Å². The van der Waals surface area contributed by atoms with Crippen molar-refractivity contribution in [2.75, 3.05) is 6.61 Å². The van der Waals surface area contributed by atoms with Crippen molar-refractivity contribution in [1.82, 2.24) is 0 Å². The minimum absolute atomic E-state index is 0.0590. The van der Waals surface area contributed by atoms with Crippen molar-refractivity contribution in [2.24, 2.45) is 0 Å². The molecule has 4 aromatic rings. The molecular formula is C32H26O8. The van der Waals surface area contributed by atoms with Gasteiger partial charge in [-0.2, -0.15) is 0 Å². The van der Waals surface area contributed by atoms with Gasteiger partial charge in [0.1, 0.15) is 0 Å². The molecule has 0 bridgehead atoms. The van der Waals surface area contributed by atoms with E-state index in [1.165, 1.54) is 30.3 Å². The number of carbonyl (C=O) groups excluding carboxylic acids is 4. The summed E-state index contributed by atoms with van der Waals surface area (Å²) in [4.78, 5) is 54.3. The Balaban J connectivity index is 2.06. The maximum Gasteiger partial charge on any atom is 0.343 e. The Morgan fingerprint density at radius 2 is 1.23 bits per heavy atom. The molecule has 0 fully saturated rings. The Morgan fingerprint density at radius 3 is 1.82 bits per heavy atom. The lowest BCUT2D eigenvalue weighted by Gasteiger charge is -2.20. The lowest BCUT2D eigenvalue weighted by atomic mass is 9.87. The maximum atomic E-state index is 14.1. The smallest absolute Gasteiger partial charge is 0.343 e. The van der Waals surface area contributed by atoms with Crippen LogP contribution in [0.5, 0.6) is 17.2 Å². The molecule has 0 spiro atoms. The summed E-state index contributed by atoms with van der Waals surface area (Å²) in [7, 11) is 0. The molecule has 0 amide bonds. The normalized spacial score (nSPS) is 10.6. The molecule has 0 aliphatic rings. The molecule has 0 radical (unpaired) electrons. The van der Waals surface area contributed by atoms with E-state index in [1.807, 2.05) is 0 Å². The summed E-state index contributed by atoms with van der Waals surface area (Å²) in [6, 6.07) is 21.9. The number of hydrogen-bond acceptors (Lipinski definition) is 8. The van der Waals surface area contributed by atoms with Crippen LogP contribution in [0.1, 0.15) is 71.5 Å². The molecule has 202 valence electrons. The van der Waals surface area contributed by atoms with E-state index in [9.17, 15) is 29.4 Å². The second-order valence-electron chi connectivity index (χ2n) is 8.88. The van der Waals surface area contributed by atoms with Crippen LogP contribution in [-0.2, 0) is 4.74 Å². The van der Waals surface area contributed by atoms with Gasteiger partial charge in [-0.25, -0.2) is 9.59 Å². The summed E-state index contributed by atoms with van der Waals surface area (Å²) in [6.45, 7) is 3.36. The first-order valence-electron chi connectivity index (χ1n) is 12.5. The molecular weight excluding hydrogens is 512 g/mol. The SMILES string of the molecule is CCCOC(=O)c1c(C(=O)c2ccccc2)c(O)c(O)c(OC(=O)c2ccccc2)c1C(=O)c1ccccc1C. The van der Waals surface area contributed by atoms with Crippen molar-refractivity contribution >= 4 is 23.5 Å². The van der Waals surface area contributed by atoms with E-state index in [-0.39, 0.29) is 23.3 Å². The fraction of sp³-hybridized carbons (Fsp3) is 0.125. The van der Waals surface area contributed by atoms with Crippen LogP contribution in [0, 0.1) is 6.92 Å². The molecule has 0 aromatic heterocycles. The summed E-state index contributed by atoms with van der Waals surface area (Å²) in [5.74, 6) is -6.60. The Hall–Kier alpha value is -5.24. The largest absolute Gasteiger partial charge is 0.504 e. The molecule has 0 aliphatic heterocycles. The molecule has 0 unspecified atom stereocenters. The number of aryl methyl sites for hydroxylation is 1. The van der Waals surface area contributed by atoms with Crippen molar-refractivity contribution in [3.8, 4) is 17.2 Å². The van der Waals surface area contributed by atoms with Gasteiger partial charge in [0.05, 0.1) is 28.9 Å². The minimum Gasteiger partial charge on any atom is -0.504 e. The van der Waals surface area contributed by atoms with Crippen LogP contribution < -0.4 is 4.74 Å². The summed E-state index contributed by atoms with van der Waals surface area (Å²) < 4.78 is 10.8. The average Bonchev–Trinajstić information content (AvgIpc) is 2.98. The monoisotopic (exact) mass is 538 g/mol. The van der Waals surface area contributed by atoms with Gasteiger partial charge >= 0.3 is 11.9 Å². The van der Waals surface area contributed by atoms with Crippen molar-refractivity contribution in [1.29, 1.82) is 0 Å². The Labute approximate surface area is 230 Å². The van der Waals surface area contributed by atoms with Gasteiger partial charge in [0, 0.05) is 11.1 Å². The van der Waals surface area contributed by atoms with E-state index < -0.39 is 57.4 Å². The second kappa shape index (κ2) is 12.1. The Bertz CT molecular complexity index is 1590. The Kier molecular flexibility index (Phi) is 8.39. The first kappa shape index (κ1) is 27.8. The predicted molar refractivity (Wildman–Crippen MR) is 146 cm³/mol. The zero-order valence-corrected chi connectivity index (χ0v) is 21.8. The van der Waals surface area contributed by atoms with Gasteiger partial charge in [0.2, 0.25) is 5.75 Å². The number of carbonyl (C=O) groups is 4. The molecule has 0 saturated carbocycles. The van der Waals surface area contributed by atoms with Crippen molar-refractivity contribution in [3.05, 3.63) is 124 Å². The van der Waals surface area contributed by atoms with Gasteiger partial charge in [-0.15, -0.1) is 0 Å². The standard InChI is InChI=1S/C32H26O8/c1-3-18-39-32(38)23-24(26(33)20-13-6-4-7-14-20)28(35)29(36)30(40-31(37)21-15-8-5-9-16-21)25(23)27(34)22-17-11-10-12-19(22)2/h4-17,35-36H,3,18H2,1-2H3. The summed E-state index contributed by atoms with van der Waals surface area (Å²) in [5, 5.41) is 22.2. The molecule has 0 heterocycles. The number of rotatable bonds is 9. The van der Waals surface area contributed by atoms with Gasteiger partial charge in [0.25, 0.3) is 0 Å². The molecule has 4 rings (SSSR count). The third-order valence-corrected chi connectivity index (χ3v) is 6.13. The molecule has 40 heavy (non-hydrogen) atoms. The molecule has 8 heteroatoms. The number of ketones is 2. The summed E-state index contributed by atoms with van der Waals surface area (Å²) in [6.07, 6.45) is 0.425. The average molecular weight is 539 g/mol. The van der Waals surface area contributed by atoms with Crippen LogP contribution in [0.2, 0.25) is 0 Å². The van der Waals surface area contributed by atoms with Crippen molar-refractivity contribution in [3.63, 3.8) is 0 Å². The van der Waals surface area contributed by atoms with Crippen LogP contribution >= 0.6 is 0 Å². The number of aromatic hydroxyl groups is 2. The molecule has 8 nitrogen and oxygen atoms in total. The van der Waals surface area contributed by atoms with Gasteiger partial charge in [0.15, 0.2) is 23.1 Å². The second-order valence-corrected chi connectivity index (χ2v) is 8.88. The number of benzene rings is 4. The van der Waals surface area contributed by atoms with E-state index in [4.69, 9.17) is 9.47 Å². The number of hydrogen-bond donors (Lipinski definition) is 2. The highest BCUT2D eigenvalue weighted by Crippen LogP contribution is 2.46. The summed E-state index contributed by atoms with van der Waals surface area (Å²) in [5.41, 5.74) is -1.08. The molecule has 0 saturated heterocycles. The highest BCUT2D eigenvalue weighted by molar-refractivity contribution is 6.24. The van der Waals surface area contributed by atoms with Gasteiger partial charge in [-0.1, -0.05) is 79.7 Å². The lowest BCUT2D eigenvalue weighted by Crippen LogP contribution is -2.22. The zero-order chi connectivity index (χ0) is 28.8. The fourth-order valence-electron chi connectivity index (χ4n) is 4.13. The van der Waals surface area contributed by atoms with Gasteiger partial charge in [-0.05, 0) is 31.0 Å². The predicted octanol–water partition coefficient (Wildman–Crippen LogP) is 5.65. The van der Waals surface area contributed by atoms with Crippen LogP contribution in [0.15, 0.2) is 84.9 Å². The number of esters is 2. The molecule has 0 atom stereocenters. The van der Waals surface area contributed by atoms with Gasteiger partial charge < -0.3 is 19.7 Å². The van der Waals surface area contributed by atoms with E-state index in [1.54, 1.807) is 68.4 Å². The van der Waals surface area contributed by atoms with Crippen LogP contribution in [0.25, 0.3) is 0 Å². The zero-order valence-electron chi connectivity index (χ0n) is 21.8.